The van der Waals surface area contributed by atoms with E-state index in [0.717, 1.165) is 38.0 Å². The van der Waals surface area contributed by atoms with Crippen molar-refractivity contribution in [1.29, 1.82) is 0 Å². The summed E-state index contributed by atoms with van der Waals surface area (Å²) in [7, 11) is 0. The first-order valence-electron chi connectivity index (χ1n) is 11.3. The van der Waals surface area contributed by atoms with Crippen LogP contribution in [0.3, 0.4) is 0 Å². The molecule has 2 aromatic rings. The number of benzene rings is 1. The van der Waals surface area contributed by atoms with Crippen LogP contribution in [0.25, 0.3) is 0 Å². The van der Waals surface area contributed by atoms with E-state index < -0.39 is 5.41 Å². The smallest absolute Gasteiger partial charge is 0.237 e. The van der Waals surface area contributed by atoms with Gasteiger partial charge in [-0.1, -0.05) is 37.3 Å². The minimum absolute atomic E-state index is 0.164. The Labute approximate surface area is 189 Å². The van der Waals surface area contributed by atoms with E-state index in [1.54, 1.807) is 0 Å². The molecule has 6 heteroatoms. The first-order chi connectivity index (χ1) is 14.9. The van der Waals surface area contributed by atoms with Crippen LogP contribution >= 0.6 is 11.3 Å². The van der Waals surface area contributed by atoms with Crippen molar-refractivity contribution in [3.05, 3.63) is 57.8 Å². The number of carbonyl (C=O) groups excluding carboxylic acids is 2. The molecular weight excluding hydrogens is 406 g/mol. The van der Waals surface area contributed by atoms with Gasteiger partial charge in [-0.15, -0.1) is 11.3 Å². The minimum atomic E-state index is -0.542. The van der Waals surface area contributed by atoms with Crippen LogP contribution in [0.5, 0.6) is 0 Å². The lowest BCUT2D eigenvalue weighted by atomic mass is 9.83. The van der Waals surface area contributed by atoms with E-state index in [1.165, 1.54) is 10.4 Å². The number of amides is 2. The summed E-state index contributed by atoms with van der Waals surface area (Å²) >= 11 is 1.81. The van der Waals surface area contributed by atoms with Crippen LogP contribution in [0, 0.1) is 0 Å². The van der Waals surface area contributed by atoms with Gasteiger partial charge in [0.2, 0.25) is 11.8 Å². The number of hydrogen-bond acceptors (Lipinski definition) is 4. The second-order valence-corrected chi connectivity index (χ2v) is 10.1. The van der Waals surface area contributed by atoms with Crippen molar-refractivity contribution in [3.8, 4) is 0 Å². The van der Waals surface area contributed by atoms with Crippen LogP contribution in [-0.4, -0.2) is 65.8 Å². The molecular formula is C25H33N3O2S. The van der Waals surface area contributed by atoms with Gasteiger partial charge in [0.25, 0.3) is 0 Å². The Morgan fingerprint density at radius 3 is 2.42 bits per heavy atom. The lowest BCUT2D eigenvalue weighted by molar-refractivity contribution is -0.139. The first-order valence-corrected chi connectivity index (χ1v) is 12.2. The van der Waals surface area contributed by atoms with Gasteiger partial charge in [0.1, 0.15) is 0 Å². The highest BCUT2D eigenvalue weighted by molar-refractivity contribution is 7.10. The van der Waals surface area contributed by atoms with E-state index in [-0.39, 0.29) is 17.9 Å². The quantitative estimate of drug-likeness (QED) is 0.713. The fourth-order valence-electron chi connectivity index (χ4n) is 4.90. The molecule has 0 saturated carbocycles. The molecule has 31 heavy (non-hydrogen) atoms. The Morgan fingerprint density at radius 2 is 1.74 bits per heavy atom. The molecule has 0 bridgehead atoms. The summed E-state index contributed by atoms with van der Waals surface area (Å²) < 4.78 is 0. The molecule has 0 aliphatic carbocycles. The summed E-state index contributed by atoms with van der Waals surface area (Å²) in [5, 5.41) is 2.15. The average Bonchev–Trinajstić information content (AvgIpc) is 3.28. The predicted molar refractivity (Wildman–Crippen MR) is 125 cm³/mol. The maximum Gasteiger partial charge on any atom is 0.237 e. The monoisotopic (exact) mass is 439 g/mol. The van der Waals surface area contributed by atoms with E-state index in [0.29, 0.717) is 19.6 Å². The second kappa shape index (κ2) is 9.13. The normalized spacial score (nSPS) is 19.9. The molecule has 2 aliphatic heterocycles. The zero-order chi connectivity index (χ0) is 22.0. The number of fused-ring (bicyclic) bond motifs is 1. The van der Waals surface area contributed by atoms with Gasteiger partial charge in [0, 0.05) is 37.6 Å². The molecule has 1 unspecified atom stereocenters. The van der Waals surface area contributed by atoms with Gasteiger partial charge >= 0.3 is 0 Å². The van der Waals surface area contributed by atoms with E-state index in [9.17, 15) is 9.59 Å². The van der Waals surface area contributed by atoms with Crippen molar-refractivity contribution in [3.63, 3.8) is 0 Å². The summed E-state index contributed by atoms with van der Waals surface area (Å²) in [5.41, 5.74) is 1.84. The molecule has 1 fully saturated rings. The Bertz CT molecular complexity index is 916. The zero-order valence-corrected chi connectivity index (χ0v) is 19.7. The molecule has 5 nitrogen and oxygen atoms in total. The molecule has 0 radical (unpaired) electrons. The van der Waals surface area contributed by atoms with E-state index in [2.05, 4.69) is 28.2 Å². The fourth-order valence-corrected chi connectivity index (χ4v) is 5.83. The number of nitrogens with zero attached hydrogens (tertiary/aromatic N) is 3. The first kappa shape index (κ1) is 22.0. The number of hydrogen-bond donors (Lipinski definition) is 0. The third-order valence-electron chi connectivity index (χ3n) is 6.85. The largest absolute Gasteiger partial charge is 0.339 e. The zero-order valence-electron chi connectivity index (χ0n) is 18.8. The molecule has 2 aliphatic rings. The summed E-state index contributed by atoms with van der Waals surface area (Å²) in [6, 6.07) is 12.4. The van der Waals surface area contributed by atoms with Crippen LogP contribution in [0.4, 0.5) is 0 Å². The Kier molecular flexibility index (Phi) is 6.49. The van der Waals surface area contributed by atoms with Gasteiger partial charge < -0.3 is 9.80 Å². The number of thiophene rings is 1. The lowest BCUT2D eigenvalue weighted by Crippen LogP contribution is -2.55. The molecule has 2 amide bonds. The molecule has 4 rings (SSSR count). The molecule has 1 atom stereocenters. The van der Waals surface area contributed by atoms with E-state index in [4.69, 9.17) is 0 Å². The van der Waals surface area contributed by atoms with Gasteiger partial charge in [-0.05, 0) is 49.3 Å². The highest BCUT2D eigenvalue weighted by Crippen LogP contribution is 2.35. The fraction of sp³-hybridized carbons (Fsp3) is 0.520. The third kappa shape index (κ3) is 4.41. The summed E-state index contributed by atoms with van der Waals surface area (Å²) in [4.78, 5) is 34.0. The average molecular weight is 440 g/mol. The van der Waals surface area contributed by atoms with Gasteiger partial charge in [0.05, 0.1) is 18.0 Å². The topological polar surface area (TPSA) is 43.9 Å². The van der Waals surface area contributed by atoms with Crippen molar-refractivity contribution in [2.45, 2.75) is 45.1 Å². The summed E-state index contributed by atoms with van der Waals surface area (Å²) in [5.74, 6) is 0.379. The van der Waals surface area contributed by atoms with Gasteiger partial charge in [-0.3, -0.25) is 14.5 Å². The summed E-state index contributed by atoms with van der Waals surface area (Å²) in [6.07, 6.45) is 1.92. The Morgan fingerprint density at radius 1 is 1.03 bits per heavy atom. The molecule has 1 saturated heterocycles. The van der Waals surface area contributed by atoms with Crippen LogP contribution in [0.2, 0.25) is 0 Å². The van der Waals surface area contributed by atoms with Crippen LogP contribution in [0.1, 0.15) is 49.2 Å². The Balaban J connectivity index is 1.33. The standard InChI is InChI=1S/C25H33N3O2S/c1-4-21-20-11-17-31-22(20)10-12-28(21)23(29)18-26-13-15-27(16-14-26)24(30)25(2,3)19-8-6-5-7-9-19/h5-9,11,17,21H,4,10,12-16,18H2,1-3H3. The number of piperazine rings is 1. The number of carbonyl (C=O) groups is 2. The lowest BCUT2D eigenvalue weighted by Gasteiger charge is -2.40. The van der Waals surface area contributed by atoms with Crippen LogP contribution in [-0.2, 0) is 21.4 Å². The van der Waals surface area contributed by atoms with Crippen LogP contribution < -0.4 is 0 Å². The van der Waals surface area contributed by atoms with Gasteiger partial charge in [0.15, 0.2) is 0 Å². The number of rotatable bonds is 5. The third-order valence-corrected chi connectivity index (χ3v) is 7.85. The van der Waals surface area contributed by atoms with Gasteiger partial charge in [-0.2, -0.15) is 0 Å². The molecule has 1 aromatic carbocycles. The van der Waals surface area contributed by atoms with Crippen LogP contribution in [0.15, 0.2) is 41.8 Å². The van der Waals surface area contributed by atoms with Crippen molar-refractivity contribution in [2.24, 2.45) is 0 Å². The molecule has 1 aromatic heterocycles. The maximum absolute atomic E-state index is 13.2. The minimum Gasteiger partial charge on any atom is -0.339 e. The SMILES string of the molecule is CCC1c2ccsc2CCN1C(=O)CN1CCN(C(=O)C(C)(C)c2ccccc2)CC1. The van der Waals surface area contributed by atoms with E-state index in [1.807, 2.05) is 60.4 Å². The Hall–Kier alpha value is -2.18. The van der Waals surface area contributed by atoms with Gasteiger partial charge in [-0.25, -0.2) is 0 Å². The maximum atomic E-state index is 13.2. The van der Waals surface area contributed by atoms with E-state index >= 15 is 0 Å². The summed E-state index contributed by atoms with van der Waals surface area (Å²) in [6.45, 7) is 10.3. The second-order valence-electron chi connectivity index (χ2n) is 9.12. The predicted octanol–water partition coefficient (Wildman–Crippen LogP) is 3.71. The molecule has 0 spiro atoms. The van der Waals surface area contributed by atoms with Crippen molar-refractivity contribution in [2.75, 3.05) is 39.3 Å². The molecule has 3 heterocycles. The van der Waals surface area contributed by atoms with Crippen molar-refractivity contribution < 1.29 is 9.59 Å². The van der Waals surface area contributed by atoms with Crippen molar-refractivity contribution in [1.82, 2.24) is 14.7 Å². The van der Waals surface area contributed by atoms with Crippen molar-refractivity contribution >= 4 is 23.2 Å². The molecule has 0 N–H and O–H groups in total. The highest BCUT2D eigenvalue weighted by atomic mass is 32.1. The highest BCUT2D eigenvalue weighted by Gasteiger charge is 2.36. The molecule has 166 valence electrons.